The van der Waals surface area contributed by atoms with Gasteiger partial charge in [-0.15, -0.1) is 0 Å². The van der Waals surface area contributed by atoms with Gasteiger partial charge in [-0.1, -0.05) is 27.7 Å². The smallest absolute Gasteiger partial charge is 0.253 e. The first-order chi connectivity index (χ1) is 15.4. The maximum Gasteiger partial charge on any atom is 0.253 e. The van der Waals surface area contributed by atoms with Crippen LogP contribution in [-0.4, -0.2) is 55.0 Å². The Kier molecular flexibility index (Phi) is 9.20. The highest BCUT2D eigenvalue weighted by Crippen LogP contribution is 2.37. The fraction of sp³-hybridized carbons (Fsp3) is 0.440. The molecule has 0 saturated heterocycles. The molecule has 1 aliphatic heterocycles. The molecule has 0 aliphatic carbocycles. The third-order valence-corrected chi connectivity index (χ3v) is 5.49. The average Bonchev–Trinajstić information content (AvgIpc) is 3.28. The van der Waals surface area contributed by atoms with Crippen LogP contribution in [0, 0.1) is 19.7 Å². The van der Waals surface area contributed by atoms with E-state index in [4.69, 9.17) is 4.74 Å². The van der Waals surface area contributed by atoms with E-state index >= 15 is 0 Å². The maximum atomic E-state index is 13.8. The Morgan fingerprint density at radius 2 is 1.94 bits per heavy atom. The first-order valence-corrected chi connectivity index (χ1v) is 11.2. The number of aliphatic imine (C=N–C) groups is 1. The predicted octanol–water partition coefficient (Wildman–Crippen LogP) is 5.10. The van der Waals surface area contributed by atoms with Crippen molar-refractivity contribution in [3.05, 3.63) is 52.1 Å². The number of nitrogens with zero attached hydrogens (tertiary/aromatic N) is 2. The van der Waals surface area contributed by atoms with Crippen LogP contribution in [0.1, 0.15) is 60.6 Å². The van der Waals surface area contributed by atoms with Gasteiger partial charge in [0.2, 0.25) is 5.90 Å². The van der Waals surface area contributed by atoms with E-state index in [0.29, 0.717) is 34.8 Å². The van der Waals surface area contributed by atoms with Gasteiger partial charge in [0.05, 0.1) is 18.4 Å². The Morgan fingerprint density at radius 1 is 1.25 bits per heavy atom. The van der Waals surface area contributed by atoms with Crippen molar-refractivity contribution in [3.8, 4) is 0 Å². The summed E-state index contributed by atoms with van der Waals surface area (Å²) in [5, 5.41) is 3.01. The van der Waals surface area contributed by atoms with Crippen LogP contribution in [-0.2, 0) is 4.74 Å². The SMILES string of the molecule is CC.CCN(CC)CCNC(=O)c1c(C)[nH]c(/C=C2\C(OC)=Nc3ccc(F)cc32)c1C. The third-order valence-electron chi connectivity index (χ3n) is 5.49. The monoisotopic (exact) mass is 442 g/mol. The van der Waals surface area contributed by atoms with Gasteiger partial charge in [-0.25, -0.2) is 9.38 Å². The molecule has 1 aromatic heterocycles. The van der Waals surface area contributed by atoms with Gasteiger partial charge in [0.15, 0.2) is 0 Å². The largest absolute Gasteiger partial charge is 0.481 e. The van der Waals surface area contributed by atoms with Crippen molar-refractivity contribution in [1.29, 1.82) is 0 Å². The molecular formula is C25H35FN4O2. The van der Waals surface area contributed by atoms with Crippen LogP contribution in [0.15, 0.2) is 23.2 Å². The van der Waals surface area contributed by atoms with E-state index in [2.05, 4.69) is 34.0 Å². The number of likely N-dealkylation sites (N-methyl/N-ethyl adjacent to an activating group) is 1. The molecule has 0 atom stereocenters. The van der Waals surface area contributed by atoms with E-state index in [1.54, 1.807) is 6.07 Å². The van der Waals surface area contributed by atoms with Crippen LogP contribution in [0.2, 0.25) is 0 Å². The minimum atomic E-state index is -0.333. The fourth-order valence-corrected chi connectivity index (χ4v) is 3.76. The summed E-state index contributed by atoms with van der Waals surface area (Å²) in [5.74, 6) is -0.0103. The van der Waals surface area contributed by atoms with Crippen molar-refractivity contribution >= 4 is 29.1 Å². The number of carbonyl (C=O) groups excluding carboxylic acids is 1. The zero-order valence-corrected chi connectivity index (χ0v) is 20.2. The first kappa shape index (κ1) is 25.3. The summed E-state index contributed by atoms with van der Waals surface area (Å²) in [6.45, 7) is 15.3. The molecule has 0 fully saturated rings. The molecule has 0 bridgehead atoms. The summed E-state index contributed by atoms with van der Waals surface area (Å²) in [6.07, 6.45) is 1.86. The molecule has 2 N–H and O–H groups in total. The van der Waals surface area contributed by atoms with E-state index in [-0.39, 0.29) is 11.7 Å². The molecule has 6 nitrogen and oxygen atoms in total. The maximum absolute atomic E-state index is 13.8. The summed E-state index contributed by atoms with van der Waals surface area (Å²) >= 11 is 0. The second-order valence-corrected chi connectivity index (χ2v) is 7.29. The number of amides is 1. The van der Waals surface area contributed by atoms with Gasteiger partial charge in [-0.3, -0.25) is 4.79 Å². The van der Waals surface area contributed by atoms with Crippen molar-refractivity contribution in [3.63, 3.8) is 0 Å². The van der Waals surface area contributed by atoms with Gasteiger partial charge in [0.1, 0.15) is 5.82 Å². The summed E-state index contributed by atoms with van der Waals surface area (Å²) in [5.41, 5.74) is 5.05. The molecule has 174 valence electrons. The molecule has 1 amide bonds. The van der Waals surface area contributed by atoms with Gasteiger partial charge < -0.3 is 19.9 Å². The van der Waals surface area contributed by atoms with E-state index in [9.17, 15) is 9.18 Å². The number of aromatic amines is 1. The van der Waals surface area contributed by atoms with Crippen molar-refractivity contribution < 1.29 is 13.9 Å². The predicted molar refractivity (Wildman–Crippen MR) is 130 cm³/mol. The zero-order valence-electron chi connectivity index (χ0n) is 20.2. The lowest BCUT2D eigenvalue weighted by atomic mass is 10.0. The van der Waals surface area contributed by atoms with Crippen molar-refractivity contribution in [1.82, 2.24) is 15.2 Å². The molecule has 1 aliphatic rings. The number of benzene rings is 1. The topological polar surface area (TPSA) is 69.7 Å². The molecular weight excluding hydrogens is 407 g/mol. The Bertz CT molecular complexity index is 1000. The van der Waals surface area contributed by atoms with Crippen molar-refractivity contribution in [2.24, 2.45) is 4.99 Å². The van der Waals surface area contributed by atoms with E-state index < -0.39 is 0 Å². The zero-order chi connectivity index (χ0) is 23.8. The molecule has 3 rings (SSSR count). The number of hydrogen-bond donors (Lipinski definition) is 2. The molecule has 0 radical (unpaired) electrons. The Balaban J connectivity index is 0.00000176. The van der Waals surface area contributed by atoms with E-state index in [1.807, 2.05) is 33.8 Å². The number of H-pyrrole nitrogens is 1. The minimum Gasteiger partial charge on any atom is -0.481 e. The molecule has 2 heterocycles. The van der Waals surface area contributed by atoms with Gasteiger partial charge in [-0.05, 0) is 56.8 Å². The van der Waals surface area contributed by atoms with Crippen LogP contribution < -0.4 is 5.32 Å². The molecule has 0 spiro atoms. The highest BCUT2D eigenvalue weighted by atomic mass is 19.1. The quantitative estimate of drug-likeness (QED) is 0.627. The van der Waals surface area contributed by atoms with Gasteiger partial charge in [-0.2, -0.15) is 0 Å². The Labute approximate surface area is 190 Å². The second-order valence-electron chi connectivity index (χ2n) is 7.29. The number of aromatic nitrogens is 1. The standard InChI is InChI=1S/C23H29FN4O2.C2H6/c1-6-28(7-2)11-10-25-22(29)21-14(3)20(26-15(21)4)13-18-17-12-16(24)8-9-19(17)27-23(18)30-5;1-2/h8-9,12-13,26H,6-7,10-11H2,1-5H3,(H,25,29);1-2H3/b18-13-;. The first-order valence-electron chi connectivity index (χ1n) is 11.2. The van der Waals surface area contributed by atoms with Crippen LogP contribution in [0.4, 0.5) is 10.1 Å². The van der Waals surface area contributed by atoms with Crippen molar-refractivity contribution in [2.45, 2.75) is 41.5 Å². The van der Waals surface area contributed by atoms with Gasteiger partial charge >= 0.3 is 0 Å². The highest BCUT2D eigenvalue weighted by molar-refractivity contribution is 6.29. The number of methoxy groups -OCH3 is 1. The number of nitrogens with one attached hydrogen (secondary N) is 2. The highest BCUT2D eigenvalue weighted by Gasteiger charge is 2.24. The summed E-state index contributed by atoms with van der Waals surface area (Å²) in [7, 11) is 1.54. The lowest BCUT2D eigenvalue weighted by Crippen LogP contribution is -2.35. The van der Waals surface area contributed by atoms with E-state index in [0.717, 1.165) is 36.6 Å². The summed E-state index contributed by atoms with van der Waals surface area (Å²) in [6, 6.07) is 4.46. The minimum absolute atomic E-state index is 0.100. The van der Waals surface area contributed by atoms with Gasteiger partial charge in [0.25, 0.3) is 5.91 Å². The third kappa shape index (κ3) is 5.46. The van der Waals surface area contributed by atoms with E-state index in [1.165, 1.54) is 19.2 Å². The molecule has 2 aromatic rings. The summed E-state index contributed by atoms with van der Waals surface area (Å²) in [4.78, 5) is 22.7. The number of halogens is 1. The van der Waals surface area contributed by atoms with Crippen LogP contribution in [0.5, 0.6) is 0 Å². The Morgan fingerprint density at radius 3 is 2.56 bits per heavy atom. The van der Waals surface area contributed by atoms with Crippen molar-refractivity contribution in [2.75, 3.05) is 33.3 Å². The number of rotatable bonds is 7. The number of fused-ring (bicyclic) bond motifs is 1. The lowest BCUT2D eigenvalue weighted by molar-refractivity contribution is 0.0948. The van der Waals surface area contributed by atoms with Gasteiger partial charge in [0, 0.05) is 35.6 Å². The number of carbonyl (C=O) groups is 1. The molecule has 7 heteroatoms. The lowest BCUT2D eigenvalue weighted by Gasteiger charge is -2.18. The molecule has 1 aromatic carbocycles. The number of hydrogen-bond acceptors (Lipinski definition) is 4. The number of ether oxygens (including phenoxy) is 1. The van der Waals surface area contributed by atoms with Crippen LogP contribution in [0.3, 0.4) is 0 Å². The molecule has 0 saturated carbocycles. The molecule has 0 unspecified atom stereocenters. The average molecular weight is 443 g/mol. The Hall–Kier alpha value is -2.93. The van der Waals surface area contributed by atoms with Crippen LogP contribution >= 0.6 is 0 Å². The molecule has 32 heavy (non-hydrogen) atoms. The fourth-order valence-electron chi connectivity index (χ4n) is 3.76. The second kappa shape index (κ2) is 11.6. The summed E-state index contributed by atoms with van der Waals surface area (Å²) < 4.78 is 19.2. The normalized spacial score (nSPS) is 13.5. The number of aryl methyl sites for hydroxylation is 1. The van der Waals surface area contributed by atoms with Crippen LogP contribution in [0.25, 0.3) is 11.6 Å².